The molecule has 0 radical (unpaired) electrons. The van der Waals surface area contributed by atoms with Crippen LogP contribution < -0.4 is 5.32 Å². The van der Waals surface area contributed by atoms with Crippen LogP contribution in [0.3, 0.4) is 0 Å². The second-order valence-corrected chi connectivity index (χ2v) is 8.24. The van der Waals surface area contributed by atoms with E-state index in [0.29, 0.717) is 11.6 Å². The molecule has 1 atom stereocenters. The van der Waals surface area contributed by atoms with Crippen molar-refractivity contribution in [3.05, 3.63) is 113 Å². The van der Waals surface area contributed by atoms with Gasteiger partial charge in [-0.25, -0.2) is 0 Å². The van der Waals surface area contributed by atoms with Crippen molar-refractivity contribution in [1.82, 2.24) is 15.3 Å². The Bertz CT molecular complexity index is 1400. The van der Waals surface area contributed by atoms with Crippen LogP contribution in [0.1, 0.15) is 22.6 Å². The van der Waals surface area contributed by atoms with E-state index in [9.17, 15) is 4.79 Å². The molecule has 0 spiro atoms. The fourth-order valence-electron chi connectivity index (χ4n) is 4.29. The number of hydrogen-bond acceptors (Lipinski definition) is 2. The minimum absolute atomic E-state index is 0.0416. The minimum atomic E-state index is -0.0746. The summed E-state index contributed by atoms with van der Waals surface area (Å²) in [6, 6.07) is 25.8. The summed E-state index contributed by atoms with van der Waals surface area (Å²) in [4.78, 5) is 20.7. The average Bonchev–Trinajstić information content (AvgIpc) is 3.25. The highest BCUT2D eigenvalue weighted by Crippen LogP contribution is 2.34. The summed E-state index contributed by atoms with van der Waals surface area (Å²) >= 11 is 6.57. The smallest absolute Gasteiger partial charge is 0.224 e. The normalized spacial score (nSPS) is 12.2. The molecule has 1 amide bonds. The second-order valence-electron chi connectivity index (χ2n) is 7.84. The lowest BCUT2D eigenvalue weighted by molar-refractivity contribution is -0.120. The zero-order valence-corrected chi connectivity index (χ0v) is 18.1. The highest BCUT2D eigenvalue weighted by atomic mass is 35.5. The minimum Gasteiger partial charge on any atom is -0.361 e. The monoisotopic (exact) mass is 439 g/mol. The maximum atomic E-state index is 12.9. The third-order valence-electron chi connectivity index (χ3n) is 5.85. The molecule has 0 aliphatic heterocycles. The number of H-pyrrole nitrogens is 1. The number of carbonyl (C=O) groups excluding carboxylic acids is 1. The molecule has 5 aromatic rings. The van der Waals surface area contributed by atoms with Crippen molar-refractivity contribution in [2.75, 3.05) is 6.54 Å². The summed E-state index contributed by atoms with van der Waals surface area (Å²) in [5, 5.41) is 5.99. The lowest BCUT2D eigenvalue weighted by atomic mass is 9.90. The number of aromatic nitrogens is 2. The molecule has 0 aliphatic carbocycles. The van der Waals surface area contributed by atoms with Gasteiger partial charge in [0.15, 0.2) is 0 Å². The van der Waals surface area contributed by atoms with Gasteiger partial charge in [-0.15, -0.1) is 0 Å². The lowest BCUT2D eigenvalue weighted by Crippen LogP contribution is -2.30. The Morgan fingerprint density at radius 1 is 0.938 bits per heavy atom. The van der Waals surface area contributed by atoms with Gasteiger partial charge < -0.3 is 10.3 Å². The van der Waals surface area contributed by atoms with E-state index in [1.54, 1.807) is 6.20 Å². The van der Waals surface area contributed by atoms with Crippen molar-refractivity contribution in [1.29, 1.82) is 0 Å². The molecule has 3 aromatic carbocycles. The Morgan fingerprint density at radius 3 is 2.66 bits per heavy atom. The largest absolute Gasteiger partial charge is 0.361 e. The van der Waals surface area contributed by atoms with E-state index < -0.39 is 0 Å². The third kappa shape index (κ3) is 3.97. The zero-order chi connectivity index (χ0) is 21.9. The lowest BCUT2D eigenvalue weighted by Gasteiger charge is -2.19. The maximum Gasteiger partial charge on any atom is 0.224 e. The molecule has 0 saturated carbocycles. The van der Waals surface area contributed by atoms with E-state index in [2.05, 4.69) is 27.4 Å². The van der Waals surface area contributed by atoms with Crippen molar-refractivity contribution in [2.24, 2.45) is 0 Å². The van der Waals surface area contributed by atoms with Crippen LogP contribution in [0.2, 0.25) is 5.02 Å². The summed E-state index contributed by atoms with van der Waals surface area (Å²) in [7, 11) is 0. The number of para-hydroxylation sites is 2. The fraction of sp³-hybridized carbons (Fsp3) is 0.111. The van der Waals surface area contributed by atoms with Crippen LogP contribution in [0.4, 0.5) is 0 Å². The number of nitrogens with zero attached hydrogens (tertiary/aromatic N) is 1. The van der Waals surface area contributed by atoms with Crippen LogP contribution in [-0.2, 0) is 11.2 Å². The summed E-state index contributed by atoms with van der Waals surface area (Å²) in [6.45, 7) is 0.447. The Balaban J connectivity index is 1.42. The number of halogens is 1. The van der Waals surface area contributed by atoms with Gasteiger partial charge in [0.1, 0.15) is 0 Å². The number of hydrogen-bond donors (Lipinski definition) is 2. The first-order chi connectivity index (χ1) is 15.7. The van der Waals surface area contributed by atoms with Crippen molar-refractivity contribution >= 4 is 39.3 Å². The second kappa shape index (κ2) is 8.85. The first-order valence-electron chi connectivity index (χ1n) is 10.6. The molecular formula is C27H22ClN3O. The molecule has 2 aromatic heterocycles. The van der Waals surface area contributed by atoms with Gasteiger partial charge in [0, 0.05) is 46.2 Å². The molecule has 2 N–H and O–H groups in total. The molecule has 158 valence electrons. The van der Waals surface area contributed by atoms with Gasteiger partial charge in [0.2, 0.25) is 5.91 Å². The van der Waals surface area contributed by atoms with Gasteiger partial charge in [-0.05, 0) is 34.9 Å². The van der Waals surface area contributed by atoms with E-state index in [4.69, 9.17) is 11.6 Å². The summed E-state index contributed by atoms with van der Waals surface area (Å²) in [6.07, 6.45) is 4.05. The van der Waals surface area contributed by atoms with Gasteiger partial charge in [0.05, 0.1) is 11.9 Å². The first kappa shape index (κ1) is 20.3. The van der Waals surface area contributed by atoms with Crippen molar-refractivity contribution < 1.29 is 4.79 Å². The number of benzene rings is 3. The van der Waals surface area contributed by atoms with Crippen molar-refractivity contribution in [3.8, 4) is 0 Å². The predicted octanol–water partition coefficient (Wildman–Crippen LogP) is 5.86. The number of carbonyl (C=O) groups is 1. The highest BCUT2D eigenvalue weighted by Gasteiger charge is 2.21. The molecule has 0 bridgehead atoms. The van der Waals surface area contributed by atoms with Crippen LogP contribution in [0.15, 0.2) is 91.3 Å². The van der Waals surface area contributed by atoms with Crippen molar-refractivity contribution in [2.45, 2.75) is 12.3 Å². The Morgan fingerprint density at radius 2 is 1.75 bits per heavy atom. The standard InChI is InChI=1S/C27H22ClN3O/c28-24-12-3-1-10-20(24)22(23-16-30-25-13-4-2-11-21(23)25)17-31-26(32)15-19-8-5-7-18-9-6-14-29-27(18)19/h1-14,16,22,30H,15,17H2,(H,31,32). The van der Waals surface area contributed by atoms with Crippen LogP contribution in [-0.4, -0.2) is 22.4 Å². The molecular weight excluding hydrogens is 418 g/mol. The fourth-order valence-corrected chi connectivity index (χ4v) is 4.56. The van der Waals surface area contributed by atoms with Gasteiger partial charge in [0.25, 0.3) is 0 Å². The van der Waals surface area contributed by atoms with E-state index in [1.165, 1.54) is 0 Å². The quantitative estimate of drug-likeness (QED) is 0.348. The average molecular weight is 440 g/mol. The van der Waals surface area contributed by atoms with Gasteiger partial charge in [-0.2, -0.15) is 0 Å². The van der Waals surface area contributed by atoms with E-state index in [-0.39, 0.29) is 18.2 Å². The first-order valence-corrected chi connectivity index (χ1v) is 11.0. The molecule has 4 nitrogen and oxygen atoms in total. The number of fused-ring (bicyclic) bond motifs is 2. The maximum absolute atomic E-state index is 12.9. The van der Waals surface area contributed by atoms with Crippen molar-refractivity contribution in [3.63, 3.8) is 0 Å². The highest BCUT2D eigenvalue weighted by molar-refractivity contribution is 6.31. The van der Waals surface area contributed by atoms with Crippen LogP contribution in [0.25, 0.3) is 21.8 Å². The van der Waals surface area contributed by atoms with Crippen LogP contribution in [0.5, 0.6) is 0 Å². The SMILES string of the molecule is O=C(Cc1cccc2cccnc12)NCC(c1ccccc1Cl)c1c[nH]c2ccccc12. The molecule has 0 saturated heterocycles. The number of pyridine rings is 1. The van der Waals surface area contributed by atoms with Crippen LogP contribution >= 0.6 is 11.6 Å². The third-order valence-corrected chi connectivity index (χ3v) is 6.19. The van der Waals surface area contributed by atoms with E-state index in [0.717, 1.165) is 38.5 Å². The van der Waals surface area contributed by atoms with E-state index >= 15 is 0 Å². The Labute approximate surface area is 191 Å². The van der Waals surface area contributed by atoms with Gasteiger partial charge >= 0.3 is 0 Å². The van der Waals surface area contributed by atoms with Gasteiger partial charge in [-0.1, -0.05) is 72.3 Å². The number of amides is 1. The molecule has 5 rings (SSSR count). The van der Waals surface area contributed by atoms with Crippen LogP contribution in [0, 0.1) is 0 Å². The molecule has 2 heterocycles. The van der Waals surface area contributed by atoms with Gasteiger partial charge in [-0.3, -0.25) is 9.78 Å². The predicted molar refractivity (Wildman–Crippen MR) is 130 cm³/mol. The Hall–Kier alpha value is -3.63. The molecule has 5 heteroatoms. The number of nitrogens with one attached hydrogen (secondary N) is 2. The number of aromatic amines is 1. The molecule has 0 fully saturated rings. The zero-order valence-electron chi connectivity index (χ0n) is 17.4. The molecule has 32 heavy (non-hydrogen) atoms. The summed E-state index contributed by atoms with van der Waals surface area (Å²) in [5.74, 6) is -0.116. The topological polar surface area (TPSA) is 57.8 Å². The van der Waals surface area contributed by atoms with E-state index in [1.807, 2.05) is 72.9 Å². The summed E-state index contributed by atoms with van der Waals surface area (Å²) in [5.41, 5.74) is 4.95. The summed E-state index contributed by atoms with van der Waals surface area (Å²) < 4.78 is 0. The molecule has 1 unspecified atom stereocenters. The molecule has 0 aliphatic rings. The number of rotatable bonds is 6. The Kier molecular flexibility index (Phi) is 5.61.